The zero-order valence-electron chi connectivity index (χ0n) is 12.1. The molecule has 1 aliphatic carbocycles. The molecule has 0 bridgehead atoms. The number of carbonyl (C=O) groups is 1. The van der Waals surface area contributed by atoms with Crippen LogP contribution >= 0.6 is 0 Å². The molecule has 0 saturated heterocycles. The van der Waals surface area contributed by atoms with E-state index in [0.717, 1.165) is 18.7 Å². The summed E-state index contributed by atoms with van der Waals surface area (Å²) in [6.45, 7) is 1.92. The number of hydrogen-bond acceptors (Lipinski definition) is 3. The minimum absolute atomic E-state index is 0.0690. The number of rotatable bonds is 7. The van der Waals surface area contributed by atoms with Gasteiger partial charge in [-0.25, -0.2) is 4.79 Å². The number of nitrogens with one attached hydrogen (secondary N) is 2. The molecule has 0 atom stereocenters. The summed E-state index contributed by atoms with van der Waals surface area (Å²) in [5.74, 6) is 0. The third kappa shape index (κ3) is 4.85. The van der Waals surface area contributed by atoms with Crippen molar-refractivity contribution >= 4 is 6.03 Å². The van der Waals surface area contributed by atoms with Crippen molar-refractivity contribution in [2.24, 2.45) is 0 Å². The molecular formula is C14H24N4O2. The van der Waals surface area contributed by atoms with Crippen molar-refractivity contribution < 1.29 is 9.53 Å². The van der Waals surface area contributed by atoms with Crippen LogP contribution in [0.1, 0.15) is 37.8 Å². The number of aromatic nitrogens is 2. The maximum Gasteiger partial charge on any atom is 0.317 e. The van der Waals surface area contributed by atoms with Gasteiger partial charge in [-0.05, 0) is 25.3 Å². The predicted molar refractivity (Wildman–Crippen MR) is 76.3 cm³/mol. The number of ether oxygens (including phenoxy) is 1. The van der Waals surface area contributed by atoms with Gasteiger partial charge in [0.05, 0.1) is 18.3 Å². The SMILES string of the molecule is CN(Cc1ccn[nH]1)C(=O)NCCCOC1CCCC1. The van der Waals surface area contributed by atoms with E-state index in [2.05, 4.69) is 15.5 Å². The van der Waals surface area contributed by atoms with Crippen LogP contribution < -0.4 is 5.32 Å². The van der Waals surface area contributed by atoms with Gasteiger partial charge in [0.2, 0.25) is 0 Å². The Morgan fingerprint density at radius 3 is 3.05 bits per heavy atom. The Morgan fingerprint density at radius 2 is 2.35 bits per heavy atom. The van der Waals surface area contributed by atoms with Gasteiger partial charge >= 0.3 is 6.03 Å². The Balaban J connectivity index is 1.53. The summed E-state index contributed by atoms with van der Waals surface area (Å²) in [7, 11) is 1.77. The van der Waals surface area contributed by atoms with E-state index in [1.807, 2.05) is 6.07 Å². The number of H-pyrrole nitrogens is 1. The molecule has 1 saturated carbocycles. The number of hydrogen-bond donors (Lipinski definition) is 2. The summed E-state index contributed by atoms with van der Waals surface area (Å²) >= 11 is 0. The van der Waals surface area contributed by atoms with Crippen LogP contribution in [0.15, 0.2) is 12.3 Å². The summed E-state index contributed by atoms with van der Waals surface area (Å²) < 4.78 is 5.75. The molecule has 6 nitrogen and oxygen atoms in total. The lowest BCUT2D eigenvalue weighted by Gasteiger charge is -2.17. The lowest BCUT2D eigenvalue weighted by molar-refractivity contribution is 0.0570. The summed E-state index contributed by atoms with van der Waals surface area (Å²) in [5.41, 5.74) is 0.923. The number of aromatic amines is 1. The van der Waals surface area contributed by atoms with E-state index < -0.39 is 0 Å². The van der Waals surface area contributed by atoms with E-state index in [0.29, 0.717) is 19.2 Å². The van der Waals surface area contributed by atoms with E-state index in [9.17, 15) is 4.79 Å². The van der Waals surface area contributed by atoms with Gasteiger partial charge in [0.25, 0.3) is 0 Å². The smallest absolute Gasteiger partial charge is 0.317 e. The monoisotopic (exact) mass is 280 g/mol. The molecule has 1 fully saturated rings. The molecule has 2 N–H and O–H groups in total. The molecule has 2 amide bonds. The average Bonchev–Trinajstić information content (AvgIpc) is 3.11. The van der Waals surface area contributed by atoms with Crippen molar-refractivity contribution in [3.05, 3.63) is 18.0 Å². The number of amides is 2. The lowest BCUT2D eigenvalue weighted by Crippen LogP contribution is -2.37. The van der Waals surface area contributed by atoms with Crippen molar-refractivity contribution in [3.8, 4) is 0 Å². The summed E-state index contributed by atoms with van der Waals surface area (Å²) in [5, 5.41) is 9.59. The van der Waals surface area contributed by atoms with Crippen molar-refractivity contribution in [2.45, 2.75) is 44.8 Å². The Bertz CT molecular complexity index is 388. The molecule has 0 unspecified atom stereocenters. The second-order valence-electron chi connectivity index (χ2n) is 5.30. The minimum atomic E-state index is -0.0690. The first-order valence-electron chi connectivity index (χ1n) is 7.34. The minimum Gasteiger partial charge on any atom is -0.378 e. The Morgan fingerprint density at radius 1 is 1.55 bits per heavy atom. The maximum absolute atomic E-state index is 11.8. The first-order valence-corrected chi connectivity index (χ1v) is 7.34. The Labute approximate surface area is 119 Å². The second kappa shape index (κ2) is 7.89. The third-order valence-electron chi connectivity index (χ3n) is 3.57. The van der Waals surface area contributed by atoms with Crippen molar-refractivity contribution in [1.82, 2.24) is 20.4 Å². The first-order chi connectivity index (χ1) is 9.75. The van der Waals surface area contributed by atoms with Crippen molar-refractivity contribution in [3.63, 3.8) is 0 Å². The zero-order chi connectivity index (χ0) is 14.2. The van der Waals surface area contributed by atoms with Gasteiger partial charge in [-0.15, -0.1) is 0 Å². The molecule has 0 aliphatic heterocycles. The molecule has 6 heteroatoms. The van der Waals surface area contributed by atoms with Gasteiger partial charge in [-0.3, -0.25) is 5.10 Å². The number of carbonyl (C=O) groups excluding carboxylic acids is 1. The molecule has 0 aromatic carbocycles. The molecule has 20 heavy (non-hydrogen) atoms. The summed E-state index contributed by atoms with van der Waals surface area (Å²) in [6.07, 6.45) is 7.97. The van der Waals surface area contributed by atoms with Crippen LogP contribution in [0.4, 0.5) is 4.79 Å². The first kappa shape index (κ1) is 14.8. The van der Waals surface area contributed by atoms with Crippen LogP contribution in [0.3, 0.4) is 0 Å². The summed E-state index contributed by atoms with van der Waals surface area (Å²) in [4.78, 5) is 13.5. The lowest BCUT2D eigenvalue weighted by atomic mass is 10.3. The molecule has 112 valence electrons. The van der Waals surface area contributed by atoms with Crippen LogP contribution in [0.5, 0.6) is 0 Å². The molecule has 0 spiro atoms. The Kier molecular flexibility index (Phi) is 5.86. The zero-order valence-corrected chi connectivity index (χ0v) is 12.1. The molecule has 1 aromatic rings. The van der Waals surface area contributed by atoms with E-state index in [1.54, 1.807) is 18.1 Å². The quantitative estimate of drug-likeness (QED) is 0.749. The van der Waals surface area contributed by atoms with E-state index in [1.165, 1.54) is 25.7 Å². The maximum atomic E-state index is 11.8. The van der Waals surface area contributed by atoms with Crippen molar-refractivity contribution in [2.75, 3.05) is 20.2 Å². The fraction of sp³-hybridized carbons (Fsp3) is 0.714. The standard InChI is InChI=1S/C14H24N4O2/c1-18(11-12-7-9-16-17-12)14(19)15-8-4-10-20-13-5-2-3-6-13/h7,9,13H,2-6,8,10-11H2,1H3,(H,15,19)(H,16,17). The average molecular weight is 280 g/mol. The molecular weight excluding hydrogens is 256 g/mol. The fourth-order valence-corrected chi connectivity index (χ4v) is 2.41. The van der Waals surface area contributed by atoms with Gasteiger partial charge < -0.3 is 15.0 Å². The topological polar surface area (TPSA) is 70.2 Å². The van der Waals surface area contributed by atoms with Crippen LogP contribution in [0.2, 0.25) is 0 Å². The van der Waals surface area contributed by atoms with Crippen molar-refractivity contribution in [1.29, 1.82) is 0 Å². The van der Waals surface area contributed by atoms with Gasteiger partial charge in [0, 0.05) is 26.4 Å². The van der Waals surface area contributed by atoms with Gasteiger partial charge in [-0.1, -0.05) is 12.8 Å². The molecule has 2 rings (SSSR count). The summed E-state index contributed by atoms with van der Waals surface area (Å²) in [6, 6.07) is 1.79. The highest BCUT2D eigenvalue weighted by Crippen LogP contribution is 2.20. The van der Waals surface area contributed by atoms with Crippen LogP contribution in [-0.2, 0) is 11.3 Å². The van der Waals surface area contributed by atoms with E-state index in [4.69, 9.17) is 4.74 Å². The van der Waals surface area contributed by atoms with E-state index >= 15 is 0 Å². The highest BCUT2D eigenvalue weighted by Gasteiger charge is 2.14. The molecule has 1 aromatic heterocycles. The van der Waals surface area contributed by atoms with Gasteiger partial charge in [0.1, 0.15) is 0 Å². The normalized spacial score (nSPS) is 15.4. The largest absolute Gasteiger partial charge is 0.378 e. The van der Waals surface area contributed by atoms with Gasteiger partial charge in [0.15, 0.2) is 0 Å². The fourth-order valence-electron chi connectivity index (χ4n) is 2.41. The third-order valence-corrected chi connectivity index (χ3v) is 3.57. The van der Waals surface area contributed by atoms with Gasteiger partial charge in [-0.2, -0.15) is 5.10 Å². The molecule has 1 aliphatic rings. The Hall–Kier alpha value is -1.56. The number of urea groups is 1. The predicted octanol–water partition coefficient (Wildman–Crippen LogP) is 1.90. The second-order valence-corrected chi connectivity index (χ2v) is 5.30. The molecule has 1 heterocycles. The highest BCUT2D eigenvalue weighted by atomic mass is 16.5. The van der Waals surface area contributed by atoms with Crippen LogP contribution in [0, 0.1) is 0 Å². The molecule has 0 radical (unpaired) electrons. The highest BCUT2D eigenvalue weighted by molar-refractivity contribution is 5.73. The number of nitrogens with zero attached hydrogens (tertiary/aromatic N) is 2. The van der Waals surface area contributed by atoms with E-state index in [-0.39, 0.29) is 6.03 Å². The van der Waals surface area contributed by atoms with Crippen LogP contribution in [-0.4, -0.2) is 47.4 Å². The van der Waals surface area contributed by atoms with Crippen LogP contribution in [0.25, 0.3) is 0 Å².